The van der Waals surface area contributed by atoms with Crippen molar-refractivity contribution < 1.29 is 13.5 Å². The van der Waals surface area contributed by atoms with Crippen LogP contribution in [0.4, 0.5) is 0 Å². The molecule has 0 amide bonds. The van der Waals surface area contributed by atoms with Gasteiger partial charge in [0.05, 0.1) is 11.0 Å². The Hall–Kier alpha value is -1.30. The van der Waals surface area contributed by atoms with Gasteiger partial charge in [0.15, 0.2) is 9.84 Å². The fourth-order valence-electron chi connectivity index (χ4n) is 1.80. The van der Waals surface area contributed by atoms with E-state index in [1.165, 1.54) is 18.0 Å². The molecule has 2 rings (SSSR count). The predicted octanol–water partition coefficient (Wildman–Crippen LogP) is 3.29. The summed E-state index contributed by atoms with van der Waals surface area (Å²) in [5.41, 5.74) is 0.865. The monoisotopic (exact) mass is 308 g/mol. The number of sulfone groups is 1. The van der Waals surface area contributed by atoms with Crippen molar-refractivity contribution in [3.63, 3.8) is 0 Å². The van der Waals surface area contributed by atoms with Gasteiger partial charge in [-0.2, -0.15) is 0 Å². The van der Waals surface area contributed by atoms with Crippen LogP contribution in [0.2, 0.25) is 0 Å². The molecule has 0 radical (unpaired) electrons. The second kappa shape index (κ2) is 5.99. The molecule has 0 aliphatic carbocycles. The molecule has 2 aromatic rings. The average molecular weight is 308 g/mol. The van der Waals surface area contributed by atoms with E-state index >= 15 is 0 Å². The van der Waals surface area contributed by atoms with Crippen molar-refractivity contribution in [3.8, 4) is 0 Å². The lowest BCUT2D eigenvalue weighted by molar-refractivity contribution is 0.196. The van der Waals surface area contributed by atoms with E-state index in [0.29, 0.717) is 4.90 Å². The first-order valence-corrected chi connectivity index (χ1v) is 8.83. The summed E-state index contributed by atoms with van der Waals surface area (Å²) in [5, 5.41) is 9.74. The van der Waals surface area contributed by atoms with Gasteiger partial charge < -0.3 is 5.11 Å². The summed E-state index contributed by atoms with van der Waals surface area (Å²) in [4.78, 5) is 2.21. The third-order valence-corrected chi connectivity index (χ3v) is 5.08. The Balaban J connectivity index is 2.27. The summed E-state index contributed by atoms with van der Waals surface area (Å²) >= 11 is 1.51. The average Bonchev–Trinajstić information content (AvgIpc) is 2.38. The number of hydrogen-bond donors (Lipinski definition) is 1. The third kappa shape index (κ3) is 3.62. The topological polar surface area (TPSA) is 54.4 Å². The summed E-state index contributed by atoms with van der Waals surface area (Å²) in [7, 11) is -3.16. The molecule has 0 saturated carbocycles. The fourth-order valence-corrected chi connectivity index (χ4v) is 3.46. The molecule has 0 fully saturated rings. The lowest BCUT2D eigenvalue weighted by atomic mass is 10.1. The van der Waals surface area contributed by atoms with Crippen molar-refractivity contribution in [3.05, 3.63) is 54.1 Å². The van der Waals surface area contributed by atoms with E-state index in [1.54, 1.807) is 31.2 Å². The number of aliphatic hydroxyl groups excluding tert-OH is 1. The molecule has 20 heavy (non-hydrogen) atoms. The van der Waals surface area contributed by atoms with E-state index in [1.807, 2.05) is 24.3 Å². The molecular weight excluding hydrogens is 292 g/mol. The van der Waals surface area contributed by atoms with Gasteiger partial charge in [-0.3, -0.25) is 0 Å². The van der Waals surface area contributed by atoms with E-state index in [9.17, 15) is 13.5 Å². The van der Waals surface area contributed by atoms with Crippen molar-refractivity contribution in [2.24, 2.45) is 0 Å². The van der Waals surface area contributed by atoms with Gasteiger partial charge in [0.1, 0.15) is 0 Å². The smallest absolute Gasteiger partial charge is 0.175 e. The van der Waals surface area contributed by atoms with Crippen molar-refractivity contribution >= 4 is 21.6 Å². The highest BCUT2D eigenvalue weighted by Crippen LogP contribution is 2.33. The normalized spacial score (nSPS) is 13.2. The zero-order valence-electron chi connectivity index (χ0n) is 11.3. The Morgan fingerprint density at radius 1 is 1.05 bits per heavy atom. The molecule has 0 aliphatic rings. The summed E-state index contributed by atoms with van der Waals surface area (Å²) < 4.78 is 22.8. The third-order valence-electron chi connectivity index (χ3n) is 2.85. The van der Waals surface area contributed by atoms with Crippen molar-refractivity contribution in [2.45, 2.75) is 27.7 Å². The molecule has 0 spiro atoms. The Morgan fingerprint density at radius 3 is 2.20 bits per heavy atom. The molecule has 1 N–H and O–H groups in total. The van der Waals surface area contributed by atoms with Gasteiger partial charge in [-0.05, 0) is 42.8 Å². The van der Waals surface area contributed by atoms with Gasteiger partial charge >= 0.3 is 0 Å². The molecule has 0 heterocycles. The quantitative estimate of drug-likeness (QED) is 0.941. The van der Waals surface area contributed by atoms with Gasteiger partial charge in [0.2, 0.25) is 0 Å². The van der Waals surface area contributed by atoms with Crippen LogP contribution < -0.4 is 0 Å². The Labute approximate surface area is 123 Å². The lowest BCUT2D eigenvalue weighted by Crippen LogP contribution is -1.96. The van der Waals surface area contributed by atoms with Crippen LogP contribution in [-0.2, 0) is 9.84 Å². The van der Waals surface area contributed by atoms with E-state index in [-0.39, 0.29) is 0 Å². The Bertz CT molecular complexity index is 689. The second-order valence-corrected chi connectivity index (χ2v) is 7.69. The zero-order valence-corrected chi connectivity index (χ0v) is 12.9. The first kappa shape index (κ1) is 15.1. The van der Waals surface area contributed by atoms with Crippen molar-refractivity contribution in [1.29, 1.82) is 0 Å². The van der Waals surface area contributed by atoms with Crippen LogP contribution in [0.15, 0.2) is 63.2 Å². The molecule has 0 bridgehead atoms. The SMILES string of the molecule is C[C@H](O)c1ccccc1Sc1ccc(S(C)(=O)=O)cc1. The van der Waals surface area contributed by atoms with Gasteiger partial charge in [-0.25, -0.2) is 8.42 Å². The molecule has 5 heteroatoms. The number of aliphatic hydroxyl groups is 1. The number of hydrogen-bond acceptors (Lipinski definition) is 4. The lowest BCUT2D eigenvalue weighted by Gasteiger charge is -2.11. The molecule has 106 valence electrons. The van der Waals surface area contributed by atoms with Gasteiger partial charge in [0.25, 0.3) is 0 Å². The van der Waals surface area contributed by atoms with Crippen LogP contribution in [-0.4, -0.2) is 19.8 Å². The van der Waals surface area contributed by atoms with Crippen LogP contribution in [0.1, 0.15) is 18.6 Å². The zero-order chi connectivity index (χ0) is 14.8. The first-order valence-electron chi connectivity index (χ1n) is 6.13. The minimum Gasteiger partial charge on any atom is -0.389 e. The highest BCUT2D eigenvalue weighted by Gasteiger charge is 2.10. The maximum Gasteiger partial charge on any atom is 0.175 e. The van der Waals surface area contributed by atoms with Crippen LogP contribution in [0.25, 0.3) is 0 Å². The van der Waals surface area contributed by atoms with Crippen LogP contribution in [0.3, 0.4) is 0 Å². The molecule has 0 saturated heterocycles. The maximum atomic E-state index is 11.4. The van der Waals surface area contributed by atoms with Crippen LogP contribution >= 0.6 is 11.8 Å². The van der Waals surface area contributed by atoms with Gasteiger partial charge in [-0.1, -0.05) is 30.0 Å². The highest BCUT2D eigenvalue weighted by atomic mass is 32.2. The molecule has 3 nitrogen and oxygen atoms in total. The maximum absolute atomic E-state index is 11.4. The summed E-state index contributed by atoms with van der Waals surface area (Å²) in [6.45, 7) is 1.73. The number of rotatable bonds is 4. The molecule has 0 aromatic heterocycles. The van der Waals surface area contributed by atoms with E-state index in [4.69, 9.17) is 0 Å². The summed E-state index contributed by atoms with van der Waals surface area (Å²) in [6, 6.07) is 14.4. The molecular formula is C15H16O3S2. The van der Waals surface area contributed by atoms with Crippen LogP contribution in [0.5, 0.6) is 0 Å². The van der Waals surface area contributed by atoms with Gasteiger partial charge in [0, 0.05) is 16.0 Å². The largest absolute Gasteiger partial charge is 0.389 e. The van der Waals surface area contributed by atoms with E-state index < -0.39 is 15.9 Å². The summed E-state index contributed by atoms with van der Waals surface area (Å²) in [6.07, 6.45) is 0.659. The van der Waals surface area contributed by atoms with E-state index in [2.05, 4.69) is 0 Å². The first-order chi connectivity index (χ1) is 9.38. The predicted molar refractivity (Wildman–Crippen MR) is 80.8 cm³/mol. The standard InChI is InChI=1S/C15H16O3S2/c1-11(16)14-5-3-4-6-15(14)19-12-7-9-13(10-8-12)20(2,17)18/h3-11,16H,1-2H3/t11-/m0/s1. The second-order valence-electron chi connectivity index (χ2n) is 4.56. The van der Waals surface area contributed by atoms with Crippen molar-refractivity contribution in [2.75, 3.05) is 6.26 Å². The minimum absolute atomic E-state index is 0.311. The minimum atomic E-state index is -3.16. The molecule has 0 unspecified atom stereocenters. The summed E-state index contributed by atoms with van der Waals surface area (Å²) in [5.74, 6) is 0. The Kier molecular flexibility index (Phi) is 4.52. The van der Waals surface area contributed by atoms with Crippen LogP contribution in [0, 0.1) is 0 Å². The Morgan fingerprint density at radius 2 is 1.65 bits per heavy atom. The molecule has 0 aliphatic heterocycles. The van der Waals surface area contributed by atoms with Crippen molar-refractivity contribution in [1.82, 2.24) is 0 Å². The fraction of sp³-hybridized carbons (Fsp3) is 0.200. The molecule has 2 aromatic carbocycles. The highest BCUT2D eigenvalue weighted by molar-refractivity contribution is 7.99. The van der Waals surface area contributed by atoms with Gasteiger partial charge in [-0.15, -0.1) is 0 Å². The molecule has 1 atom stereocenters. The van der Waals surface area contributed by atoms with E-state index in [0.717, 1.165) is 15.4 Å². The number of benzene rings is 2.